The van der Waals surface area contributed by atoms with Crippen molar-refractivity contribution in [2.75, 3.05) is 5.32 Å². The van der Waals surface area contributed by atoms with Crippen LogP contribution < -0.4 is 5.32 Å². The summed E-state index contributed by atoms with van der Waals surface area (Å²) in [5, 5.41) is 6.55. The molecule has 0 radical (unpaired) electrons. The van der Waals surface area contributed by atoms with Crippen molar-refractivity contribution in [3.63, 3.8) is 0 Å². The fourth-order valence-electron chi connectivity index (χ4n) is 1.80. The lowest BCUT2D eigenvalue weighted by Crippen LogP contribution is -2.30. The Morgan fingerprint density at radius 1 is 1.29 bits per heavy atom. The number of carbonyl (C=O) groups is 2. The highest BCUT2D eigenvalue weighted by Crippen LogP contribution is 2.14. The minimum absolute atomic E-state index is 0.186. The molecule has 0 spiro atoms. The second-order valence-corrected chi connectivity index (χ2v) is 5.52. The standard InChI is InChI=1S/C16H17NO3S/c1-11-5-3-4-6-14(11)17-16(19)12(2)20-15(18)9-13-7-8-21-10-13/h3-8,10,12H,9H2,1-2H3,(H,17,19)/t12-/m1/s1. The van der Waals surface area contributed by atoms with Crippen LogP contribution in [0.1, 0.15) is 18.1 Å². The van der Waals surface area contributed by atoms with Crippen molar-refractivity contribution in [3.05, 3.63) is 52.2 Å². The molecule has 2 rings (SSSR count). The molecule has 1 atom stereocenters. The first kappa shape index (κ1) is 15.3. The summed E-state index contributed by atoms with van der Waals surface area (Å²) in [4.78, 5) is 23.8. The third kappa shape index (κ3) is 4.43. The van der Waals surface area contributed by atoms with Crippen molar-refractivity contribution in [3.8, 4) is 0 Å². The molecule has 5 heteroatoms. The van der Waals surface area contributed by atoms with Crippen molar-refractivity contribution in [2.24, 2.45) is 0 Å². The number of para-hydroxylation sites is 1. The molecule has 21 heavy (non-hydrogen) atoms. The predicted octanol–water partition coefficient (Wildman–Crippen LogP) is 3.17. The lowest BCUT2D eigenvalue weighted by Gasteiger charge is -2.14. The van der Waals surface area contributed by atoms with Crippen molar-refractivity contribution in [1.82, 2.24) is 0 Å². The number of carbonyl (C=O) groups excluding carboxylic acids is 2. The first-order chi connectivity index (χ1) is 10.1. The largest absolute Gasteiger partial charge is 0.452 e. The molecule has 0 aliphatic carbocycles. The van der Waals surface area contributed by atoms with E-state index in [2.05, 4.69) is 5.32 Å². The van der Waals surface area contributed by atoms with Gasteiger partial charge in [-0.05, 0) is 47.9 Å². The highest BCUT2D eigenvalue weighted by molar-refractivity contribution is 7.07. The summed E-state index contributed by atoms with van der Waals surface area (Å²) in [6, 6.07) is 9.32. The average Bonchev–Trinajstić information content (AvgIpc) is 2.93. The highest BCUT2D eigenvalue weighted by atomic mass is 32.1. The normalized spacial score (nSPS) is 11.7. The fourth-order valence-corrected chi connectivity index (χ4v) is 2.47. The summed E-state index contributed by atoms with van der Waals surface area (Å²) < 4.78 is 5.15. The molecule has 0 fully saturated rings. The van der Waals surface area contributed by atoms with E-state index in [4.69, 9.17) is 4.74 Å². The van der Waals surface area contributed by atoms with Gasteiger partial charge in [0.2, 0.25) is 0 Å². The Kier molecular flexibility index (Phi) is 5.11. The second-order valence-electron chi connectivity index (χ2n) is 4.74. The Hall–Kier alpha value is -2.14. The lowest BCUT2D eigenvalue weighted by atomic mass is 10.2. The SMILES string of the molecule is Cc1ccccc1NC(=O)[C@@H](C)OC(=O)Cc1ccsc1. The lowest BCUT2D eigenvalue weighted by molar-refractivity contribution is -0.152. The smallest absolute Gasteiger partial charge is 0.311 e. The predicted molar refractivity (Wildman–Crippen MR) is 83.4 cm³/mol. The average molecular weight is 303 g/mol. The van der Waals surface area contributed by atoms with Crippen LogP contribution in [0.5, 0.6) is 0 Å². The third-order valence-electron chi connectivity index (χ3n) is 3.01. The Labute approximate surface area is 127 Å². The zero-order chi connectivity index (χ0) is 15.2. The topological polar surface area (TPSA) is 55.4 Å². The molecule has 0 aliphatic heterocycles. The van der Waals surface area contributed by atoms with E-state index in [9.17, 15) is 9.59 Å². The summed E-state index contributed by atoms with van der Waals surface area (Å²) in [6.45, 7) is 3.47. The molecule has 1 aromatic heterocycles. The van der Waals surface area contributed by atoms with Crippen molar-refractivity contribution in [1.29, 1.82) is 0 Å². The van der Waals surface area contributed by atoms with Gasteiger partial charge in [-0.15, -0.1) is 0 Å². The van der Waals surface area contributed by atoms with E-state index in [0.29, 0.717) is 0 Å². The van der Waals surface area contributed by atoms with E-state index in [1.165, 1.54) is 11.3 Å². The molecule has 0 unspecified atom stereocenters. The summed E-state index contributed by atoms with van der Waals surface area (Å²) in [7, 11) is 0. The van der Waals surface area contributed by atoms with Gasteiger partial charge in [0, 0.05) is 5.69 Å². The molecular weight excluding hydrogens is 286 g/mol. The van der Waals surface area contributed by atoms with E-state index in [1.807, 2.05) is 48.0 Å². The molecule has 0 saturated heterocycles. The van der Waals surface area contributed by atoms with E-state index < -0.39 is 12.1 Å². The summed E-state index contributed by atoms with van der Waals surface area (Å²) in [6.07, 6.45) is -0.637. The van der Waals surface area contributed by atoms with Gasteiger partial charge in [-0.1, -0.05) is 18.2 Å². The van der Waals surface area contributed by atoms with Crippen LogP contribution in [0.25, 0.3) is 0 Å². The number of ether oxygens (including phenoxy) is 1. The summed E-state index contributed by atoms with van der Waals surface area (Å²) in [5.74, 6) is -0.733. The molecule has 0 aliphatic rings. The molecule has 1 heterocycles. The van der Waals surface area contributed by atoms with Gasteiger partial charge in [0.05, 0.1) is 6.42 Å². The number of rotatable bonds is 5. The van der Waals surface area contributed by atoms with Crippen LogP contribution in [0.3, 0.4) is 0 Å². The summed E-state index contributed by atoms with van der Waals surface area (Å²) >= 11 is 1.52. The number of nitrogens with one attached hydrogen (secondary N) is 1. The minimum atomic E-state index is -0.823. The van der Waals surface area contributed by atoms with E-state index in [-0.39, 0.29) is 12.3 Å². The number of thiophene rings is 1. The number of amides is 1. The van der Waals surface area contributed by atoms with Crippen LogP contribution in [0, 0.1) is 6.92 Å². The monoisotopic (exact) mass is 303 g/mol. The molecule has 2 aromatic rings. The maximum absolute atomic E-state index is 12.0. The quantitative estimate of drug-likeness (QED) is 0.863. The van der Waals surface area contributed by atoms with Crippen LogP contribution in [0.4, 0.5) is 5.69 Å². The van der Waals surface area contributed by atoms with Crippen LogP contribution in [0.2, 0.25) is 0 Å². The maximum atomic E-state index is 12.0. The Morgan fingerprint density at radius 3 is 2.71 bits per heavy atom. The van der Waals surface area contributed by atoms with Gasteiger partial charge in [0.1, 0.15) is 0 Å². The number of benzene rings is 1. The fraction of sp³-hybridized carbons (Fsp3) is 0.250. The zero-order valence-electron chi connectivity index (χ0n) is 12.0. The van der Waals surface area contributed by atoms with Gasteiger partial charge in [-0.3, -0.25) is 9.59 Å². The Morgan fingerprint density at radius 2 is 2.05 bits per heavy atom. The maximum Gasteiger partial charge on any atom is 0.311 e. The van der Waals surface area contributed by atoms with E-state index in [1.54, 1.807) is 6.92 Å². The van der Waals surface area contributed by atoms with Crippen molar-refractivity contribution in [2.45, 2.75) is 26.4 Å². The van der Waals surface area contributed by atoms with Gasteiger partial charge in [-0.2, -0.15) is 11.3 Å². The first-order valence-electron chi connectivity index (χ1n) is 6.63. The Bertz CT molecular complexity index is 622. The van der Waals surface area contributed by atoms with Crippen LogP contribution in [-0.2, 0) is 20.7 Å². The van der Waals surface area contributed by atoms with Gasteiger partial charge in [0.15, 0.2) is 6.10 Å². The van der Waals surface area contributed by atoms with Crippen LogP contribution in [-0.4, -0.2) is 18.0 Å². The molecule has 0 bridgehead atoms. The molecule has 110 valence electrons. The molecule has 0 saturated carbocycles. The number of esters is 1. The number of anilines is 1. The molecule has 1 N–H and O–H groups in total. The van der Waals surface area contributed by atoms with Gasteiger partial charge < -0.3 is 10.1 Å². The van der Waals surface area contributed by atoms with E-state index in [0.717, 1.165) is 16.8 Å². The van der Waals surface area contributed by atoms with E-state index >= 15 is 0 Å². The first-order valence-corrected chi connectivity index (χ1v) is 7.57. The van der Waals surface area contributed by atoms with Gasteiger partial charge in [-0.25, -0.2) is 0 Å². The molecule has 1 amide bonds. The third-order valence-corrected chi connectivity index (χ3v) is 3.74. The van der Waals surface area contributed by atoms with Crippen molar-refractivity contribution < 1.29 is 14.3 Å². The molecular formula is C16H17NO3S. The number of hydrogen-bond donors (Lipinski definition) is 1. The Balaban J connectivity index is 1.88. The summed E-state index contributed by atoms with van der Waals surface area (Å²) in [5.41, 5.74) is 2.59. The van der Waals surface area contributed by atoms with Crippen LogP contribution in [0.15, 0.2) is 41.1 Å². The van der Waals surface area contributed by atoms with Gasteiger partial charge in [0.25, 0.3) is 5.91 Å². The van der Waals surface area contributed by atoms with Gasteiger partial charge >= 0.3 is 5.97 Å². The zero-order valence-corrected chi connectivity index (χ0v) is 12.8. The molecule has 4 nitrogen and oxygen atoms in total. The number of hydrogen-bond acceptors (Lipinski definition) is 4. The second kappa shape index (κ2) is 7.04. The minimum Gasteiger partial charge on any atom is -0.452 e. The van der Waals surface area contributed by atoms with Crippen molar-refractivity contribution >= 4 is 28.9 Å². The highest BCUT2D eigenvalue weighted by Gasteiger charge is 2.18. The molecule has 1 aromatic carbocycles. The van der Waals surface area contributed by atoms with Crippen LogP contribution >= 0.6 is 11.3 Å². The number of aryl methyl sites for hydroxylation is 1.